The van der Waals surface area contributed by atoms with Crippen LogP contribution in [0.5, 0.6) is 5.75 Å². The van der Waals surface area contributed by atoms with Crippen molar-refractivity contribution in [2.45, 2.75) is 12.8 Å². The molecular weight excluding hydrogens is 343 g/mol. The molecule has 1 aliphatic rings. The standard InChI is InChI=1S/C14H16BrFN2O3/c15-11-6-10(16)3-4-12(11)21-8-13(19)18-5-1-2-9(7-18)14(17)20/h3-4,6,9H,1-2,5,7-8H2,(H2,17,20). The first-order valence-electron chi connectivity index (χ1n) is 6.62. The molecule has 0 aromatic heterocycles. The summed E-state index contributed by atoms with van der Waals surface area (Å²) >= 11 is 3.17. The number of carbonyl (C=O) groups excluding carboxylic acids is 2. The van der Waals surface area contributed by atoms with Crippen molar-refractivity contribution in [3.05, 3.63) is 28.5 Å². The highest BCUT2D eigenvalue weighted by molar-refractivity contribution is 9.10. The number of hydrogen-bond acceptors (Lipinski definition) is 3. The zero-order valence-electron chi connectivity index (χ0n) is 11.4. The van der Waals surface area contributed by atoms with Crippen LogP contribution in [-0.4, -0.2) is 36.4 Å². The van der Waals surface area contributed by atoms with Gasteiger partial charge in [0.2, 0.25) is 5.91 Å². The highest BCUT2D eigenvalue weighted by Gasteiger charge is 2.27. The lowest BCUT2D eigenvalue weighted by atomic mass is 9.97. The van der Waals surface area contributed by atoms with Crippen LogP contribution in [0.2, 0.25) is 0 Å². The first-order chi connectivity index (χ1) is 9.97. The van der Waals surface area contributed by atoms with Gasteiger partial charge in [-0.25, -0.2) is 4.39 Å². The fourth-order valence-electron chi connectivity index (χ4n) is 2.26. The Morgan fingerprint density at radius 1 is 1.48 bits per heavy atom. The van der Waals surface area contributed by atoms with Crippen molar-refractivity contribution < 1.29 is 18.7 Å². The summed E-state index contributed by atoms with van der Waals surface area (Å²) in [5.41, 5.74) is 5.28. The van der Waals surface area contributed by atoms with Gasteiger partial charge in [0.15, 0.2) is 6.61 Å². The quantitative estimate of drug-likeness (QED) is 0.889. The number of rotatable bonds is 4. The summed E-state index contributed by atoms with van der Waals surface area (Å²) in [6.45, 7) is 0.772. The predicted molar refractivity (Wildman–Crippen MR) is 78.1 cm³/mol. The Bertz CT molecular complexity index is 553. The van der Waals surface area contributed by atoms with Gasteiger partial charge < -0.3 is 15.4 Å². The summed E-state index contributed by atoms with van der Waals surface area (Å²) in [4.78, 5) is 24.8. The molecule has 2 amide bonds. The second kappa shape index (κ2) is 6.89. The summed E-state index contributed by atoms with van der Waals surface area (Å²) < 4.78 is 18.8. The van der Waals surface area contributed by atoms with E-state index in [9.17, 15) is 14.0 Å². The first kappa shape index (κ1) is 15.8. The Balaban J connectivity index is 1.90. The lowest BCUT2D eigenvalue weighted by Gasteiger charge is -2.31. The third-order valence-electron chi connectivity index (χ3n) is 3.42. The van der Waals surface area contributed by atoms with Crippen molar-refractivity contribution in [1.82, 2.24) is 4.90 Å². The molecule has 0 bridgehead atoms. The van der Waals surface area contributed by atoms with Gasteiger partial charge >= 0.3 is 0 Å². The van der Waals surface area contributed by atoms with Crippen LogP contribution in [0.1, 0.15) is 12.8 Å². The van der Waals surface area contributed by atoms with Gasteiger partial charge in [-0.05, 0) is 47.0 Å². The van der Waals surface area contributed by atoms with Crippen LogP contribution in [0.4, 0.5) is 4.39 Å². The van der Waals surface area contributed by atoms with E-state index in [1.807, 2.05) is 0 Å². The molecule has 2 rings (SSSR count). The molecule has 7 heteroatoms. The topological polar surface area (TPSA) is 72.6 Å². The Morgan fingerprint density at radius 2 is 2.24 bits per heavy atom. The minimum Gasteiger partial charge on any atom is -0.483 e. The number of piperidine rings is 1. The molecular formula is C14H16BrFN2O3. The second-order valence-corrected chi connectivity index (χ2v) is 5.80. The van der Waals surface area contributed by atoms with Gasteiger partial charge in [0.1, 0.15) is 11.6 Å². The SMILES string of the molecule is NC(=O)C1CCCN(C(=O)COc2ccc(F)cc2Br)C1. The van der Waals surface area contributed by atoms with Gasteiger partial charge in [-0.3, -0.25) is 9.59 Å². The average molecular weight is 359 g/mol. The lowest BCUT2D eigenvalue weighted by Crippen LogP contribution is -2.45. The fraction of sp³-hybridized carbons (Fsp3) is 0.429. The summed E-state index contributed by atoms with van der Waals surface area (Å²) in [7, 11) is 0. The number of halogens is 2. The number of nitrogens with zero attached hydrogens (tertiary/aromatic N) is 1. The number of benzene rings is 1. The van der Waals surface area contributed by atoms with Gasteiger partial charge in [0.25, 0.3) is 5.91 Å². The highest BCUT2D eigenvalue weighted by atomic mass is 79.9. The summed E-state index contributed by atoms with van der Waals surface area (Å²) in [5, 5.41) is 0. The van der Waals surface area contributed by atoms with Crippen LogP contribution in [0.3, 0.4) is 0 Å². The van der Waals surface area contributed by atoms with Crippen LogP contribution in [-0.2, 0) is 9.59 Å². The van der Waals surface area contributed by atoms with Crippen molar-refractivity contribution in [2.24, 2.45) is 11.7 Å². The monoisotopic (exact) mass is 358 g/mol. The van der Waals surface area contributed by atoms with Crippen molar-refractivity contribution in [3.63, 3.8) is 0 Å². The van der Waals surface area contributed by atoms with Crippen molar-refractivity contribution >= 4 is 27.7 Å². The summed E-state index contributed by atoms with van der Waals surface area (Å²) in [5.74, 6) is -0.874. The Hall–Kier alpha value is -1.63. The van der Waals surface area contributed by atoms with E-state index in [2.05, 4.69) is 15.9 Å². The van der Waals surface area contributed by atoms with E-state index in [1.54, 1.807) is 4.90 Å². The molecule has 5 nitrogen and oxygen atoms in total. The van der Waals surface area contributed by atoms with Gasteiger partial charge in [-0.2, -0.15) is 0 Å². The Labute approximate surface area is 130 Å². The zero-order chi connectivity index (χ0) is 15.4. The summed E-state index contributed by atoms with van der Waals surface area (Å²) in [6, 6.07) is 3.98. The fourth-order valence-corrected chi connectivity index (χ4v) is 2.72. The first-order valence-corrected chi connectivity index (χ1v) is 7.41. The van der Waals surface area contributed by atoms with E-state index in [0.29, 0.717) is 29.7 Å². The third kappa shape index (κ3) is 4.17. The van der Waals surface area contributed by atoms with E-state index in [0.717, 1.165) is 6.42 Å². The van der Waals surface area contributed by atoms with E-state index in [-0.39, 0.29) is 30.2 Å². The van der Waals surface area contributed by atoms with E-state index in [1.165, 1.54) is 18.2 Å². The molecule has 1 heterocycles. The number of amides is 2. The van der Waals surface area contributed by atoms with Gasteiger partial charge in [-0.1, -0.05) is 0 Å². The molecule has 1 atom stereocenters. The molecule has 1 saturated heterocycles. The molecule has 114 valence electrons. The van der Waals surface area contributed by atoms with Crippen LogP contribution in [0.15, 0.2) is 22.7 Å². The maximum absolute atomic E-state index is 13.0. The summed E-state index contributed by atoms with van der Waals surface area (Å²) in [6.07, 6.45) is 1.46. The number of likely N-dealkylation sites (tertiary alicyclic amines) is 1. The molecule has 21 heavy (non-hydrogen) atoms. The molecule has 2 N–H and O–H groups in total. The third-order valence-corrected chi connectivity index (χ3v) is 4.04. The molecule has 0 spiro atoms. The van der Waals surface area contributed by atoms with Crippen LogP contribution >= 0.6 is 15.9 Å². The number of nitrogens with two attached hydrogens (primary N) is 1. The van der Waals surface area contributed by atoms with Crippen molar-refractivity contribution in [2.75, 3.05) is 19.7 Å². The molecule has 1 unspecified atom stereocenters. The van der Waals surface area contributed by atoms with Crippen molar-refractivity contribution in [1.29, 1.82) is 0 Å². The average Bonchev–Trinajstić information content (AvgIpc) is 2.46. The van der Waals surface area contributed by atoms with Gasteiger partial charge in [-0.15, -0.1) is 0 Å². The highest BCUT2D eigenvalue weighted by Crippen LogP contribution is 2.25. The van der Waals surface area contributed by atoms with Crippen LogP contribution < -0.4 is 10.5 Å². The number of primary amides is 1. The molecule has 0 aliphatic carbocycles. The maximum atomic E-state index is 13.0. The molecule has 0 saturated carbocycles. The van der Waals surface area contributed by atoms with Crippen molar-refractivity contribution in [3.8, 4) is 5.75 Å². The minimum atomic E-state index is -0.388. The predicted octanol–water partition coefficient (Wildman–Crippen LogP) is 1.69. The largest absolute Gasteiger partial charge is 0.483 e. The lowest BCUT2D eigenvalue weighted by molar-refractivity contribution is -0.136. The van der Waals surface area contributed by atoms with Gasteiger partial charge in [0.05, 0.1) is 10.4 Å². The smallest absolute Gasteiger partial charge is 0.260 e. The Kier molecular flexibility index (Phi) is 5.17. The maximum Gasteiger partial charge on any atom is 0.260 e. The number of carbonyl (C=O) groups is 2. The van der Waals surface area contributed by atoms with Crippen LogP contribution in [0, 0.1) is 11.7 Å². The van der Waals surface area contributed by atoms with E-state index in [4.69, 9.17) is 10.5 Å². The minimum absolute atomic E-state index is 0.157. The number of ether oxygens (including phenoxy) is 1. The Morgan fingerprint density at radius 3 is 2.90 bits per heavy atom. The normalized spacial score (nSPS) is 18.4. The molecule has 1 aliphatic heterocycles. The molecule has 1 aromatic carbocycles. The number of hydrogen-bond donors (Lipinski definition) is 1. The molecule has 1 fully saturated rings. The van der Waals surface area contributed by atoms with Crippen LogP contribution in [0.25, 0.3) is 0 Å². The molecule has 0 radical (unpaired) electrons. The molecule has 1 aromatic rings. The second-order valence-electron chi connectivity index (χ2n) is 4.94. The zero-order valence-corrected chi connectivity index (χ0v) is 12.9. The van der Waals surface area contributed by atoms with E-state index >= 15 is 0 Å². The van der Waals surface area contributed by atoms with E-state index < -0.39 is 0 Å². The van der Waals surface area contributed by atoms with Gasteiger partial charge in [0, 0.05) is 13.1 Å².